The Morgan fingerprint density at radius 2 is 1.75 bits per heavy atom. The summed E-state index contributed by atoms with van der Waals surface area (Å²) in [4.78, 5) is 2.14. The summed E-state index contributed by atoms with van der Waals surface area (Å²) in [5, 5.41) is 1.33. The molecule has 16 heavy (non-hydrogen) atoms. The Kier molecular flexibility index (Phi) is 2.58. The molecule has 0 fully saturated rings. The van der Waals surface area contributed by atoms with Gasteiger partial charge in [-0.3, -0.25) is 0 Å². The van der Waals surface area contributed by atoms with E-state index in [1.165, 1.54) is 27.8 Å². The minimum atomic E-state index is 1.24. The van der Waals surface area contributed by atoms with Crippen LogP contribution in [0.4, 0.5) is 5.69 Å². The fourth-order valence-electron chi connectivity index (χ4n) is 2.09. The standard InChI is InChI=1S/C14H19N2/c1-10-8-11(2)16(5)14-9-12(15(3)4)6-7-13(10)14/h6-9H,1-5H3/q+1. The normalized spacial score (nSPS) is 10.8. The lowest BCUT2D eigenvalue weighted by molar-refractivity contribution is -0.651. The molecule has 0 radical (unpaired) electrons. The number of fused-ring (bicyclic) bond motifs is 1. The summed E-state index contributed by atoms with van der Waals surface area (Å²) in [5.74, 6) is 0. The SMILES string of the molecule is Cc1cc(C)[n+](C)c2cc(N(C)C)ccc12. The van der Waals surface area contributed by atoms with E-state index >= 15 is 0 Å². The third-order valence-electron chi connectivity index (χ3n) is 3.24. The number of benzene rings is 1. The molecule has 0 spiro atoms. The van der Waals surface area contributed by atoms with Gasteiger partial charge in [-0.1, -0.05) is 0 Å². The van der Waals surface area contributed by atoms with Crippen molar-refractivity contribution < 1.29 is 4.57 Å². The Hall–Kier alpha value is -1.57. The zero-order valence-electron chi connectivity index (χ0n) is 10.7. The van der Waals surface area contributed by atoms with Crippen LogP contribution in [0, 0.1) is 13.8 Å². The lowest BCUT2D eigenvalue weighted by Crippen LogP contribution is -2.33. The Balaban J connectivity index is 2.81. The highest BCUT2D eigenvalue weighted by molar-refractivity contribution is 5.82. The zero-order chi connectivity index (χ0) is 11.9. The van der Waals surface area contributed by atoms with Crippen molar-refractivity contribution in [3.05, 3.63) is 35.5 Å². The second kappa shape index (κ2) is 3.78. The number of hydrogen-bond donors (Lipinski definition) is 0. The van der Waals surface area contributed by atoms with Crippen molar-refractivity contribution in [2.75, 3.05) is 19.0 Å². The van der Waals surface area contributed by atoms with Crippen LogP contribution >= 0.6 is 0 Å². The lowest BCUT2D eigenvalue weighted by Gasteiger charge is -2.13. The lowest BCUT2D eigenvalue weighted by atomic mass is 10.1. The number of pyridine rings is 1. The van der Waals surface area contributed by atoms with Crippen LogP contribution in [0.5, 0.6) is 0 Å². The molecule has 2 nitrogen and oxygen atoms in total. The summed E-state index contributed by atoms with van der Waals surface area (Å²) < 4.78 is 2.25. The number of nitrogens with zero attached hydrogens (tertiary/aromatic N) is 2. The summed E-state index contributed by atoms with van der Waals surface area (Å²) >= 11 is 0. The number of anilines is 1. The molecule has 2 heteroatoms. The monoisotopic (exact) mass is 215 g/mol. The van der Waals surface area contributed by atoms with Crippen LogP contribution in [0.15, 0.2) is 24.3 Å². The van der Waals surface area contributed by atoms with Crippen molar-refractivity contribution >= 4 is 16.6 Å². The molecule has 0 bridgehead atoms. The van der Waals surface area contributed by atoms with Gasteiger partial charge in [0.15, 0.2) is 5.69 Å². The molecule has 0 N–H and O–H groups in total. The van der Waals surface area contributed by atoms with E-state index in [4.69, 9.17) is 0 Å². The highest BCUT2D eigenvalue weighted by atomic mass is 15.1. The van der Waals surface area contributed by atoms with Crippen LogP contribution in [0.1, 0.15) is 11.3 Å². The second-order valence-electron chi connectivity index (χ2n) is 4.62. The maximum atomic E-state index is 2.25. The summed E-state index contributed by atoms with van der Waals surface area (Å²) in [6, 6.07) is 8.86. The second-order valence-corrected chi connectivity index (χ2v) is 4.62. The van der Waals surface area contributed by atoms with E-state index in [-0.39, 0.29) is 0 Å². The highest BCUT2D eigenvalue weighted by Crippen LogP contribution is 2.21. The number of rotatable bonds is 1. The first-order chi connectivity index (χ1) is 7.50. The molecule has 0 atom stereocenters. The van der Waals surface area contributed by atoms with Crippen LogP contribution in [0.25, 0.3) is 10.9 Å². The third kappa shape index (κ3) is 1.64. The fourth-order valence-corrected chi connectivity index (χ4v) is 2.09. The molecule has 1 aromatic carbocycles. The van der Waals surface area contributed by atoms with Crippen molar-refractivity contribution in [2.24, 2.45) is 7.05 Å². The van der Waals surface area contributed by atoms with E-state index in [1.807, 2.05) is 0 Å². The molecule has 1 aromatic heterocycles. The van der Waals surface area contributed by atoms with Crippen LogP contribution in [-0.2, 0) is 7.05 Å². The number of aromatic nitrogens is 1. The van der Waals surface area contributed by atoms with E-state index in [2.05, 4.69) is 68.7 Å². The summed E-state index contributed by atoms with van der Waals surface area (Å²) in [6.45, 7) is 4.32. The maximum Gasteiger partial charge on any atom is 0.214 e. The van der Waals surface area contributed by atoms with Crippen LogP contribution in [-0.4, -0.2) is 14.1 Å². The maximum absolute atomic E-state index is 2.25. The van der Waals surface area contributed by atoms with E-state index in [0.29, 0.717) is 0 Å². The first-order valence-corrected chi connectivity index (χ1v) is 5.58. The van der Waals surface area contributed by atoms with Gasteiger partial charge < -0.3 is 4.90 Å². The van der Waals surface area contributed by atoms with Crippen molar-refractivity contribution in [2.45, 2.75) is 13.8 Å². The van der Waals surface area contributed by atoms with Crippen molar-refractivity contribution in [1.29, 1.82) is 0 Å². The van der Waals surface area contributed by atoms with Crippen molar-refractivity contribution in [3.63, 3.8) is 0 Å². The molecular formula is C14H19N2+. The van der Waals surface area contributed by atoms with Crippen LogP contribution in [0.3, 0.4) is 0 Å². The summed E-state index contributed by atoms with van der Waals surface area (Å²) in [6.07, 6.45) is 0. The molecule has 0 saturated carbocycles. The average molecular weight is 215 g/mol. The van der Waals surface area contributed by atoms with Gasteiger partial charge >= 0.3 is 0 Å². The molecular weight excluding hydrogens is 196 g/mol. The molecule has 0 saturated heterocycles. The summed E-state index contributed by atoms with van der Waals surface area (Å²) in [7, 11) is 6.27. The molecule has 0 aliphatic heterocycles. The Morgan fingerprint density at radius 1 is 1.06 bits per heavy atom. The van der Waals surface area contributed by atoms with Crippen molar-refractivity contribution in [1.82, 2.24) is 0 Å². The quantitative estimate of drug-likeness (QED) is 0.662. The van der Waals surface area contributed by atoms with Gasteiger partial charge in [0.2, 0.25) is 5.52 Å². The molecule has 84 valence electrons. The number of hydrogen-bond acceptors (Lipinski definition) is 1. The predicted octanol–water partition coefficient (Wildman–Crippen LogP) is 2.35. The Bertz CT molecular complexity index is 542. The highest BCUT2D eigenvalue weighted by Gasteiger charge is 2.12. The van der Waals surface area contributed by atoms with Gasteiger partial charge in [0.1, 0.15) is 7.05 Å². The minimum absolute atomic E-state index is 1.24. The van der Waals surface area contributed by atoms with E-state index in [1.54, 1.807) is 0 Å². The van der Waals surface area contributed by atoms with E-state index < -0.39 is 0 Å². The minimum Gasteiger partial charge on any atom is -0.377 e. The molecule has 2 rings (SSSR count). The van der Waals surface area contributed by atoms with E-state index in [9.17, 15) is 0 Å². The third-order valence-corrected chi connectivity index (χ3v) is 3.24. The van der Waals surface area contributed by atoms with Crippen LogP contribution in [0.2, 0.25) is 0 Å². The largest absolute Gasteiger partial charge is 0.377 e. The first kappa shape index (κ1) is 10.9. The Morgan fingerprint density at radius 3 is 2.38 bits per heavy atom. The number of aryl methyl sites for hydroxylation is 3. The fraction of sp³-hybridized carbons (Fsp3) is 0.357. The Labute approximate surface area is 97.1 Å². The smallest absolute Gasteiger partial charge is 0.214 e. The van der Waals surface area contributed by atoms with Gasteiger partial charge in [-0.15, -0.1) is 0 Å². The molecule has 0 aliphatic carbocycles. The first-order valence-electron chi connectivity index (χ1n) is 5.58. The van der Waals surface area contributed by atoms with Gasteiger partial charge in [0, 0.05) is 44.2 Å². The average Bonchev–Trinajstić information content (AvgIpc) is 2.25. The van der Waals surface area contributed by atoms with Gasteiger partial charge in [0.05, 0.1) is 0 Å². The van der Waals surface area contributed by atoms with Gasteiger partial charge in [0.25, 0.3) is 0 Å². The topological polar surface area (TPSA) is 7.12 Å². The van der Waals surface area contributed by atoms with Gasteiger partial charge in [-0.25, -0.2) is 0 Å². The van der Waals surface area contributed by atoms with E-state index in [0.717, 1.165) is 0 Å². The molecule has 0 amide bonds. The summed E-state index contributed by atoms with van der Waals surface area (Å²) in [5.41, 5.74) is 5.17. The van der Waals surface area contributed by atoms with Crippen molar-refractivity contribution in [3.8, 4) is 0 Å². The molecule has 2 aromatic rings. The predicted molar refractivity (Wildman–Crippen MR) is 68.9 cm³/mol. The van der Waals surface area contributed by atoms with Crippen LogP contribution < -0.4 is 9.47 Å². The van der Waals surface area contributed by atoms with Gasteiger partial charge in [-0.05, 0) is 24.6 Å². The van der Waals surface area contributed by atoms with Gasteiger partial charge in [-0.2, -0.15) is 4.57 Å². The zero-order valence-corrected chi connectivity index (χ0v) is 10.7. The molecule has 0 aliphatic rings. The molecule has 1 heterocycles. The molecule has 0 unspecified atom stereocenters.